The number of amides is 1. The molecule has 0 radical (unpaired) electrons. The van der Waals surface area contributed by atoms with Gasteiger partial charge in [-0.3, -0.25) is 9.20 Å². The van der Waals surface area contributed by atoms with Gasteiger partial charge < -0.3 is 5.32 Å². The molecule has 0 fully saturated rings. The zero-order valence-corrected chi connectivity index (χ0v) is 13.7. The molecule has 3 rings (SSSR count). The van der Waals surface area contributed by atoms with Crippen molar-refractivity contribution in [3.63, 3.8) is 0 Å². The summed E-state index contributed by atoms with van der Waals surface area (Å²) in [5.74, 6) is 0.483. The van der Waals surface area contributed by atoms with E-state index < -0.39 is 0 Å². The molecule has 0 atom stereocenters. The number of aromatic nitrogens is 3. The van der Waals surface area contributed by atoms with Crippen LogP contribution in [-0.2, 0) is 6.54 Å². The van der Waals surface area contributed by atoms with Gasteiger partial charge in [-0.2, -0.15) is 0 Å². The summed E-state index contributed by atoms with van der Waals surface area (Å²) < 4.78 is 2.75. The highest BCUT2D eigenvalue weighted by atomic mass is 127. The third-order valence-corrected chi connectivity index (χ3v) is 4.55. The second-order valence-corrected chi connectivity index (χ2v) is 5.93. The topological polar surface area (TPSA) is 59.3 Å². The lowest BCUT2D eigenvalue weighted by atomic mass is 10.2. The largest absolute Gasteiger partial charge is 0.345 e. The molecule has 1 N–H and O–H groups in total. The van der Waals surface area contributed by atoms with Gasteiger partial charge in [-0.15, -0.1) is 10.2 Å². The Balaban J connectivity index is 1.75. The first-order valence-corrected chi connectivity index (χ1v) is 7.63. The minimum Gasteiger partial charge on any atom is -0.345 e. The van der Waals surface area contributed by atoms with Gasteiger partial charge in [0.25, 0.3) is 5.91 Å². The number of benzene rings is 1. The Morgan fingerprint density at radius 3 is 2.95 bits per heavy atom. The number of halogens is 2. The number of hydrogen-bond donors (Lipinski definition) is 1. The lowest BCUT2D eigenvalue weighted by molar-refractivity contribution is 0.0950. The summed E-state index contributed by atoms with van der Waals surface area (Å²) in [6.07, 6.45) is 1.86. The van der Waals surface area contributed by atoms with Crippen LogP contribution in [0.4, 0.5) is 0 Å². The van der Waals surface area contributed by atoms with E-state index in [0.29, 0.717) is 23.0 Å². The van der Waals surface area contributed by atoms with Crippen molar-refractivity contribution in [1.29, 1.82) is 0 Å². The van der Waals surface area contributed by atoms with Crippen molar-refractivity contribution in [3.8, 4) is 0 Å². The summed E-state index contributed by atoms with van der Waals surface area (Å²) in [7, 11) is 0. The Morgan fingerprint density at radius 1 is 1.29 bits per heavy atom. The number of nitrogens with zero attached hydrogens (tertiary/aromatic N) is 3. The van der Waals surface area contributed by atoms with Gasteiger partial charge in [-0.1, -0.05) is 17.7 Å². The van der Waals surface area contributed by atoms with Gasteiger partial charge in [0.2, 0.25) is 0 Å². The second kappa shape index (κ2) is 5.98. The van der Waals surface area contributed by atoms with E-state index >= 15 is 0 Å². The summed E-state index contributed by atoms with van der Waals surface area (Å²) in [4.78, 5) is 12.1. The van der Waals surface area contributed by atoms with Gasteiger partial charge in [-0.25, -0.2) is 0 Å². The van der Waals surface area contributed by atoms with Crippen molar-refractivity contribution in [1.82, 2.24) is 19.9 Å². The van der Waals surface area contributed by atoms with Crippen LogP contribution in [0.15, 0.2) is 42.6 Å². The summed E-state index contributed by atoms with van der Waals surface area (Å²) in [6.45, 7) is 0.299. The van der Waals surface area contributed by atoms with Crippen LogP contribution < -0.4 is 5.32 Å². The van der Waals surface area contributed by atoms with Crippen molar-refractivity contribution in [2.24, 2.45) is 0 Å². The van der Waals surface area contributed by atoms with E-state index in [1.165, 1.54) is 0 Å². The van der Waals surface area contributed by atoms with E-state index in [4.69, 9.17) is 11.6 Å². The minimum atomic E-state index is -0.194. The molecule has 0 spiro atoms. The molecule has 106 valence electrons. The fraction of sp³-hybridized carbons (Fsp3) is 0.0714. The minimum absolute atomic E-state index is 0.194. The second-order valence-electron chi connectivity index (χ2n) is 4.36. The highest BCUT2D eigenvalue weighted by Gasteiger charge is 2.10. The summed E-state index contributed by atoms with van der Waals surface area (Å²) in [5.41, 5.74) is 1.27. The first-order chi connectivity index (χ1) is 10.1. The van der Waals surface area contributed by atoms with E-state index in [0.717, 1.165) is 9.22 Å². The Kier molecular flexibility index (Phi) is 4.07. The first-order valence-electron chi connectivity index (χ1n) is 6.17. The molecular weight excluding hydrogens is 403 g/mol. The van der Waals surface area contributed by atoms with Crippen LogP contribution in [-0.4, -0.2) is 20.5 Å². The Hall–Kier alpha value is -1.67. The number of fused-ring (bicyclic) bond motifs is 1. The van der Waals surface area contributed by atoms with E-state index in [1.807, 2.05) is 34.9 Å². The number of hydrogen-bond acceptors (Lipinski definition) is 3. The summed E-state index contributed by atoms with van der Waals surface area (Å²) >= 11 is 8.14. The summed E-state index contributed by atoms with van der Waals surface area (Å²) in [6, 6.07) is 10.8. The van der Waals surface area contributed by atoms with Crippen LogP contribution in [0.5, 0.6) is 0 Å². The molecule has 2 heterocycles. The quantitative estimate of drug-likeness (QED) is 0.673. The fourth-order valence-corrected chi connectivity index (χ4v) is 2.43. The van der Waals surface area contributed by atoms with Gasteiger partial charge in [-0.05, 0) is 52.9 Å². The molecule has 1 amide bonds. The number of rotatable bonds is 3. The number of pyridine rings is 1. The normalized spacial score (nSPS) is 10.8. The van der Waals surface area contributed by atoms with Gasteiger partial charge in [0.1, 0.15) is 0 Å². The van der Waals surface area contributed by atoms with Crippen molar-refractivity contribution in [2.45, 2.75) is 6.54 Å². The lowest BCUT2D eigenvalue weighted by Crippen LogP contribution is -2.24. The van der Waals surface area contributed by atoms with E-state index in [1.54, 1.807) is 12.1 Å². The van der Waals surface area contributed by atoms with Gasteiger partial charge >= 0.3 is 0 Å². The zero-order valence-electron chi connectivity index (χ0n) is 10.8. The molecule has 0 aliphatic heterocycles. The maximum atomic E-state index is 12.1. The number of nitrogens with one attached hydrogen (secondary N) is 1. The third-order valence-electron chi connectivity index (χ3n) is 2.97. The fourth-order valence-electron chi connectivity index (χ4n) is 1.91. The van der Waals surface area contributed by atoms with Gasteiger partial charge in [0, 0.05) is 15.3 Å². The molecule has 21 heavy (non-hydrogen) atoms. The average Bonchev–Trinajstić information content (AvgIpc) is 2.91. The molecule has 0 aliphatic rings. The lowest BCUT2D eigenvalue weighted by Gasteiger charge is -2.05. The molecule has 0 aliphatic carbocycles. The highest BCUT2D eigenvalue weighted by molar-refractivity contribution is 14.1. The molecule has 5 nitrogen and oxygen atoms in total. The Morgan fingerprint density at radius 2 is 2.14 bits per heavy atom. The van der Waals surface area contributed by atoms with Gasteiger partial charge in [0.05, 0.1) is 11.6 Å². The van der Waals surface area contributed by atoms with Crippen LogP contribution in [0, 0.1) is 3.57 Å². The van der Waals surface area contributed by atoms with Crippen LogP contribution in [0.2, 0.25) is 5.02 Å². The third kappa shape index (κ3) is 3.01. The van der Waals surface area contributed by atoms with Gasteiger partial charge in [0.15, 0.2) is 11.5 Å². The molecule has 7 heteroatoms. The first kappa shape index (κ1) is 14.3. The van der Waals surface area contributed by atoms with Crippen LogP contribution in [0.25, 0.3) is 5.65 Å². The Bertz CT molecular complexity index is 818. The molecule has 3 aromatic rings. The number of carbonyl (C=O) groups is 1. The van der Waals surface area contributed by atoms with Crippen molar-refractivity contribution >= 4 is 45.7 Å². The van der Waals surface area contributed by atoms with E-state index in [9.17, 15) is 4.79 Å². The molecule has 0 bridgehead atoms. The maximum Gasteiger partial charge on any atom is 0.251 e. The van der Waals surface area contributed by atoms with Crippen LogP contribution >= 0.6 is 34.2 Å². The maximum absolute atomic E-state index is 12.1. The predicted molar refractivity (Wildman–Crippen MR) is 88.3 cm³/mol. The smallest absolute Gasteiger partial charge is 0.251 e. The monoisotopic (exact) mass is 412 g/mol. The van der Waals surface area contributed by atoms with E-state index in [-0.39, 0.29) is 5.91 Å². The van der Waals surface area contributed by atoms with Crippen LogP contribution in [0.3, 0.4) is 0 Å². The molecule has 1 aromatic carbocycles. The zero-order chi connectivity index (χ0) is 14.8. The standard InChI is InChI=1S/C14H10ClIN4O/c15-10-7-9(4-5-11(10)16)14(21)17-8-13-19-18-12-3-1-2-6-20(12)13/h1-7H,8H2,(H,17,21). The molecule has 2 aromatic heterocycles. The summed E-state index contributed by atoms with van der Waals surface area (Å²) in [5, 5.41) is 11.5. The predicted octanol–water partition coefficient (Wildman–Crippen LogP) is 2.92. The SMILES string of the molecule is O=C(NCc1nnc2ccccn12)c1ccc(I)c(Cl)c1. The van der Waals surface area contributed by atoms with Crippen molar-refractivity contribution < 1.29 is 4.79 Å². The molecule has 0 unspecified atom stereocenters. The molecule has 0 saturated heterocycles. The van der Waals surface area contributed by atoms with E-state index in [2.05, 4.69) is 38.1 Å². The van der Waals surface area contributed by atoms with Crippen LogP contribution in [0.1, 0.15) is 16.2 Å². The van der Waals surface area contributed by atoms with Crippen molar-refractivity contribution in [3.05, 3.63) is 62.6 Å². The van der Waals surface area contributed by atoms with Crippen molar-refractivity contribution in [2.75, 3.05) is 0 Å². The number of carbonyl (C=O) groups excluding carboxylic acids is 1. The molecule has 0 saturated carbocycles. The average molecular weight is 413 g/mol. The molecular formula is C14H10ClIN4O. The Labute approximate surface area is 139 Å². The highest BCUT2D eigenvalue weighted by Crippen LogP contribution is 2.19.